The molecule has 0 unspecified atom stereocenters. The van der Waals surface area contributed by atoms with E-state index in [9.17, 15) is 5.11 Å². The Kier molecular flexibility index (Phi) is 5.58. The van der Waals surface area contributed by atoms with Crippen molar-refractivity contribution in [2.75, 3.05) is 14.1 Å². The second-order valence-corrected chi connectivity index (χ2v) is 5.87. The highest BCUT2D eigenvalue weighted by Gasteiger charge is 2.22. The van der Waals surface area contributed by atoms with Crippen LogP contribution in [-0.4, -0.2) is 39.6 Å². The molecule has 0 saturated carbocycles. The molecular formula is C17H18BrN5O. The van der Waals surface area contributed by atoms with Crippen LogP contribution in [0.15, 0.2) is 54.6 Å². The molecule has 0 radical (unpaired) electrons. The van der Waals surface area contributed by atoms with Crippen molar-refractivity contribution in [2.24, 2.45) is 0 Å². The number of aromatic nitrogens is 4. The van der Waals surface area contributed by atoms with Crippen LogP contribution >= 0.6 is 0 Å². The molecule has 0 fully saturated rings. The van der Waals surface area contributed by atoms with E-state index in [1.807, 2.05) is 56.6 Å². The number of halogens is 1. The van der Waals surface area contributed by atoms with Crippen LogP contribution in [0.5, 0.6) is 5.75 Å². The lowest BCUT2D eigenvalue weighted by Crippen LogP contribution is -3.00. The lowest BCUT2D eigenvalue weighted by atomic mass is 10.2. The summed E-state index contributed by atoms with van der Waals surface area (Å²) in [5.74, 6) is 1.34. The summed E-state index contributed by atoms with van der Waals surface area (Å²) in [5.41, 5.74) is 1.94. The first-order valence-corrected chi connectivity index (χ1v) is 7.29. The Bertz CT molecular complexity index is 776. The molecule has 7 heteroatoms. The van der Waals surface area contributed by atoms with Crippen molar-refractivity contribution in [1.82, 2.24) is 24.9 Å². The van der Waals surface area contributed by atoms with Crippen molar-refractivity contribution >= 4 is 5.69 Å². The third kappa shape index (κ3) is 4.12. The lowest BCUT2D eigenvalue weighted by Gasteiger charge is -2.28. The molecule has 0 aliphatic rings. The number of nitrogens with zero attached hydrogens (tertiary/aromatic N) is 5. The fraction of sp³-hybridized carbons (Fsp3) is 0.176. The summed E-state index contributed by atoms with van der Waals surface area (Å²) < 4.78 is 0.536. The standard InChI is InChI=1S/C17H17N5O.BrH/c1-22(2,14-8-10-15(23)11-9-14)12-16-18-20-17(21-19-16)13-6-4-3-5-7-13;/h3-11H,12H2,1-2H3;1H. The van der Waals surface area contributed by atoms with Gasteiger partial charge in [-0.2, -0.15) is 0 Å². The minimum Gasteiger partial charge on any atom is -1.00 e. The largest absolute Gasteiger partial charge is 1.00 e. The number of quaternary nitrogens is 1. The third-order valence-corrected chi connectivity index (χ3v) is 3.64. The molecule has 0 amide bonds. The van der Waals surface area contributed by atoms with Gasteiger partial charge < -0.3 is 22.1 Å². The van der Waals surface area contributed by atoms with Crippen LogP contribution in [0.3, 0.4) is 0 Å². The number of hydrogen-bond donors (Lipinski definition) is 1. The molecule has 1 N–H and O–H groups in total. The van der Waals surface area contributed by atoms with Crippen LogP contribution in [0.1, 0.15) is 5.82 Å². The summed E-state index contributed by atoms with van der Waals surface area (Å²) in [4.78, 5) is 0. The maximum Gasteiger partial charge on any atom is 0.227 e. The van der Waals surface area contributed by atoms with Crippen molar-refractivity contribution in [3.63, 3.8) is 0 Å². The molecule has 6 nitrogen and oxygen atoms in total. The van der Waals surface area contributed by atoms with E-state index in [1.54, 1.807) is 12.1 Å². The van der Waals surface area contributed by atoms with Gasteiger partial charge in [0.05, 0.1) is 14.1 Å². The van der Waals surface area contributed by atoms with E-state index in [1.165, 1.54) is 0 Å². The molecule has 24 heavy (non-hydrogen) atoms. The summed E-state index contributed by atoms with van der Waals surface area (Å²) in [6.07, 6.45) is 0. The quantitative estimate of drug-likeness (QED) is 0.605. The monoisotopic (exact) mass is 387 g/mol. The Morgan fingerprint density at radius 3 is 2.00 bits per heavy atom. The van der Waals surface area contributed by atoms with E-state index in [0.717, 1.165) is 11.3 Å². The van der Waals surface area contributed by atoms with Gasteiger partial charge in [0.1, 0.15) is 18.0 Å². The summed E-state index contributed by atoms with van der Waals surface area (Å²) in [6, 6.07) is 16.8. The molecule has 0 aliphatic heterocycles. The second-order valence-electron chi connectivity index (χ2n) is 5.87. The van der Waals surface area contributed by atoms with Crippen LogP contribution in [-0.2, 0) is 6.54 Å². The van der Waals surface area contributed by atoms with E-state index < -0.39 is 0 Å². The number of hydrogen-bond acceptors (Lipinski definition) is 5. The van der Waals surface area contributed by atoms with E-state index in [4.69, 9.17) is 0 Å². The maximum absolute atomic E-state index is 9.40. The van der Waals surface area contributed by atoms with Crippen molar-refractivity contribution in [3.8, 4) is 17.1 Å². The van der Waals surface area contributed by atoms with Crippen molar-refractivity contribution in [1.29, 1.82) is 0 Å². The molecular weight excluding hydrogens is 370 g/mol. The predicted octanol–water partition coefficient (Wildman–Crippen LogP) is -0.590. The first kappa shape index (κ1) is 18.0. The second kappa shape index (κ2) is 7.46. The summed E-state index contributed by atoms with van der Waals surface area (Å²) in [5, 5.41) is 26.1. The summed E-state index contributed by atoms with van der Waals surface area (Å²) >= 11 is 0. The minimum atomic E-state index is 0. The molecule has 3 aromatic rings. The Morgan fingerprint density at radius 1 is 0.833 bits per heavy atom. The highest BCUT2D eigenvalue weighted by atomic mass is 79.9. The molecule has 0 atom stereocenters. The lowest BCUT2D eigenvalue weighted by molar-refractivity contribution is -0.00000622. The van der Waals surface area contributed by atoms with E-state index in [-0.39, 0.29) is 22.7 Å². The van der Waals surface area contributed by atoms with Gasteiger partial charge in [-0.1, -0.05) is 30.3 Å². The highest BCUT2D eigenvalue weighted by Crippen LogP contribution is 2.23. The summed E-state index contributed by atoms with van der Waals surface area (Å²) in [6.45, 7) is 0.555. The van der Waals surface area contributed by atoms with Gasteiger partial charge in [-0.05, 0) is 12.1 Å². The Labute approximate surface area is 151 Å². The Morgan fingerprint density at radius 2 is 1.42 bits per heavy atom. The number of phenolic OH excluding ortho intramolecular Hbond substituents is 1. The van der Waals surface area contributed by atoms with Gasteiger partial charge in [0.2, 0.25) is 11.6 Å². The van der Waals surface area contributed by atoms with Crippen LogP contribution in [0, 0.1) is 0 Å². The molecule has 2 aromatic carbocycles. The van der Waals surface area contributed by atoms with Gasteiger partial charge in [-0.3, -0.25) is 4.48 Å². The number of rotatable bonds is 4. The summed E-state index contributed by atoms with van der Waals surface area (Å²) in [7, 11) is 4.09. The first-order valence-electron chi connectivity index (χ1n) is 7.29. The van der Waals surface area contributed by atoms with E-state index in [2.05, 4.69) is 20.4 Å². The molecule has 1 heterocycles. The zero-order valence-electron chi connectivity index (χ0n) is 13.5. The van der Waals surface area contributed by atoms with E-state index >= 15 is 0 Å². The fourth-order valence-corrected chi connectivity index (χ4v) is 2.32. The van der Waals surface area contributed by atoms with Crippen LogP contribution in [0.4, 0.5) is 5.69 Å². The molecule has 3 rings (SSSR count). The van der Waals surface area contributed by atoms with Crippen LogP contribution in [0.2, 0.25) is 0 Å². The minimum absolute atomic E-state index is 0. The zero-order chi connectivity index (χ0) is 16.3. The highest BCUT2D eigenvalue weighted by molar-refractivity contribution is 5.53. The topological polar surface area (TPSA) is 71.8 Å². The smallest absolute Gasteiger partial charge is 0.227 e. The van der Waals surface area contributed by atoms with Crippen LogP contribution < -0.4 is 21.5 Å². The average Bonchev–Trinajstić information content (AvgIpc) is 2.56. The molecule has 0 bridgehead atoms. The zero-order valence-corrected chi connectivity index (χ0v) is 15.1. The van der Waals surface area contributed by atoms with Crippen molar-refractivity contribution in [2.45, 2.75) is 6.54 Å². The normalized spacial score (nSPS) is 10.9. The first-order chi connectivity index (χ1) is 11.0. The van der Waals surface area contributed by atoms with Gasteiger partial charge in [0.25, 0.3) is 0 Å². The number of benzene rings is 2. The van der Waals surface area contributed by atoms with Crippen molar-refractivity contribution < 1.29 is 22.1 Å². The van der Waals surface area contributed by atoms with E-state index in [0.29, 0.717) is 22.7 Å². The maximum atomic E-state index is 9.40. The average molecular weight is 388 g/mol. The number of aromatic hydroxyl groups is 1. The van der Waals surface area contributed by atoms with Gasteiger partial charge >= 0.3 is 0 Å². The number of phenols is 1. The van der Waals surface area contributed by atoms with Crippen LogP contribution in [0.25, 0.3) is 11.4 Å². The molecule has 1 aromatic heterocycles. The third-order valence-electron chi connectivity index (χ3n) is 3.64. The molecule has 124 valence electrons. The van der Waals surface area contributed by atoms with Gasteiger partial charge in [-0.15, -0.1) is 20.4 Å². The Balaban J connectivity index is 0.00000208. The predicted molar refractivity (Wildman–Crippen MR) is 88.5 cm³/mol. The molecule has 0 spiro atoms. The van der Waals surface area contributed by atoms with Gasteiger partial charge in [0.15, 0.2) is 0 Å². The molecule has 0 aliphatic carbocycles. The van der Waals surface area contributed by atoms with Gasteiger partial charge in [0, 0.05) is 17.7 Å². The fourth-order valence-electron chi connectivity index (χ4n) is 2.32. The van der Waals surface area contributed by atoms with Gasteiger partial charge in [-0.25, -0.2) is 0 Å². The Hall–Kier alpha value is -2.38. The molecule has 0 saturated heterocycles. The SMILES string of the molecule is C[N+](C)(Cc1nnc(-c2ccccc2)nn1)c1ccc(O)cc1.[Br-]. The van der Waals surface area contributed by atoms with Crippen molar-refractivity contribution in [3.05, 3.63) is 60.4 Å².